The quantitative estimate of drug-likeness (QED) is 0.0165. The van der Waals surface area contributed by atoms with Crippen molar-refractivity contribution in [1.29, 1.82) is 0 Å². The van der Waals surface area contributed by atoms with E-state index in [4.69, 9.17) is 33.2 Å². The minimum absolute atomic E-state index is 0.246. The predicted octanol–water partition coefficient (Wildman–Crippen LogP) is 10.4. The Balaban J connectivity index is 0.000000513. The summed E-state index contributed by atoms with van der Waals surface area (Å²) in [6.07, 6.45) is 7.65. The molecule has 0 radical (unpaired) electrons. The highest BCUT2D eigenvalue weighted by atomic mass is 16.6. The molecule has 1 unspecified atom stereocenters. The molecule has 0 aromatic heterocycles. The number of esters is 5. The molecule has 368 valence electrons. The van der Waals surface area contributed by atoms with Crippen LogP contribution in [0.2, 0.25) is 0 Å². The first-order chi connectivity index (χ1) is 32.5. The molecule has 0 aliphatic carbocycles. The van der Waals surface area contributed by atoms with E-state index in [1.807, 2.05) is 6.07 Å². The van der Waals surface area contributed by atoms with Gasteiger partial charge in [0.15, 0.2) is 5.78 Å². The van der Waals surface area contributed by atoms with Crippen molar-refractivity contribution >= 4 is 35.6 Å². The number of carbonyl (C=O) groups is 6. The SMILES string of the molecule is C=CC(=O)OCC(CC)CCCC.CC(C)(O)C(=O)c1ccccc1.CCC(=O)OCCCOc1ccc(C(=O)Oc2ccc(OC(=O)c3ccc(OCCCOC(=O)CC)cc3)c(C)c2)cc1. The second-order valence-electron chi connectivity index (χ2n) is 15.8. The molecule has 68 heavy (non-hydrogen) atoms. The monoisotopic (exact) mass is 940 g/mol. The fraction of sp³-hybridized carbons (Fsp3) is 0.407. The summed E-state index contributed by atoms with van der Waals surface area (Å²) < 4.78 is 37.2. The molecule has 0 spiro atoms. The highest BCUT2D eigenvalue weighted by Gasteiger charge is 2.24. The zero-order valence-electron chi connectivity index (χ0n) is 40.5. The molecule has 0 aliphatic heterocycles. The highest BCUT2D eigenvalue weighted by Crippen LogP contribution is 2.26. The smallest absolute Gasteiger partial charge is 0.343 e. The third kappa shape index (κ3) is 23.1. The van der Waals surface area contributed by atoms with Crippen molar-refractivity contribution < 1.29 is 67.0 Å². The lowest BCUT2D eigenvalue weighted by molar-refractivity contribution is -0.144. The van der Waals surface area contributed by atoms with E-state index in [1.54, 1.807) is 112 Å². The van der Waals surface area contributed by atoms with Gasteiger partial charge in [0.05, 0.1) is 44.2 Å². The van der Waals surface area contributed by atoms with E-state index in [9.17, 15) is 33.9 Å². The molecule has 14 nitrogen and oxygen atoms in total. The van der Waals surface area contributed by atoms with Crippen molar-refractivity contribution in [2.75, 3.05) is 33.0 Å². The number of ketones is 1. The maximum Gasteiger partial charge on any atom is 0.343 e. The fourth-order valence-electron chi connectivity index (χ4n) is 5.67. The van der Waals surface area contributed by atoms with E-state index in [0.717, 1.165) is 12.8 Å². The second kappa shape index (κ2) is 32.0. The van der Waals surface area contributed by atoms with Gasteiger partial charge in [-0.25, -0.2) is 14.4 Å². The Kier molecular flexibility index (Phi) is 27.0. The molecule has 4 aromatic carbocycles. The third-order valence-electron chi connectivity index (χ3n) is 9.72. The van der Waals surface area contributed by atoms with Crippen LogP contribution in [-0.2, 0) is 28.6 Å². The van der Waals surface area contributed by atoms with E-state index >= 15 is 0 Å². The highest BCUT2D eigenvalue weighted by molar-refractivity contribution is 6.01. The van der Waals surface area contributed by atoms with Crippen LogP contribution in [0.15, 0.2) is 110 Å². The van der Waals surface area contributed by atoms with E-state index in [-0.39, 0.29) is 23.7 Å². The number of aryl methyl sites for hydroxylation is 1. The summed E-state index contributed by atoms with van der Waals surface area (Å²) in [5, 5.41) is 9.39. The normalized spacial score (nSPS) is 10.9. The van der Waals surface area contributed by atoms with Crippen LogP contribution < -0.4 is 18.9 Å². The van der Waals surface area contributed by atoms with E-state index in [0.29, 0.717) is 110 Å². The zero-order chi connectivity index (χ0) is 50.3. The number of rotatable bonds is 25. The zero-order valence-corrected chi connectivity index (χ0v) is 40.5. The first-order valence-electron chi connectivity index (χ1n) is 23.0. The van der Waals surface area contributed by atoms with Crippen LogP contribution in [0.4, 0.5) is 0 Å². The van der Waals surface area contributed by atoms with Crippen molar-refractivity contribution in [1.82, 2.24) is 0 Å². The van der Waals surface area contributed by atoms with Crippen molar-refractivity contribution in [3.8, 4) is 23.0 Å². The Bertz CT molecular complexity index is 2160. The maximum atomic E-state index is 12.7. The minimum Gasteiger partial charge on any atom is -0.493 e. The van der Waals surface area contributed by atoms with Crippen molar-refractivity contribution in [3.05, 3.63) is 132 Å². The van der Waals surface area contributed by atoms with Crippen molar-refractivity contribution in [2.45, 2.75) is 105 Å². The van der Waals surface area contributed by atoms with Crippen molar-refractivity contribution in [2.24, 2.45) is 5.92 Å². The molecule has 14 heteroatoms. The van der Waals surface area contributed by atoms with Gasteiger partial charge in [0.25, 0.3) is 0 Å². The number of Topliss-reactive ketones (excluding diaryl/α,β-unsaturated/α-hetero) is 1. The van der Waals surface area contributed by atoms with E-state index in [1.165, 1.54) is 32.8 Å². The van der Waals surface area contributed by atoms with Gasteiger partial charge >= 0.3 is 29.8 Å². The van der Waals surface area contributed by atoms with Crippen LogP contribution in [-0.4, -0.2) is 79.4 Å². The van der Waals surface area contributed by atoms with Gasteiger partial charge in [-0.05, 0) is 105 Å². The molecule has 0 heterocycles. The number of aliphatic hydroxyl groups is 1. The van der Waals surface area contributed by atoms with Gasteiger partial charge in [0.1, 0.15) is 28.6 Å². The number of hydrogen-bond donors (Lipinski definition) is 1. The minimum atomic E-state index is -1.28. The second-order valence-corrected chi connectivity index (χ2v) is 15.8. The summed E-state index contributed by atoms with van der Waals surface area (Å²) in [6, 6.07) is 26.5. The van der Waals surface area contributed by atoms with Crippen LogP contribution in [0.3, 0.4) is 0 Å². The molecular formula is C54H68O14. The van der Waals surface area contributed by atoms with Crippen LogP contribution in [0.25, 0.3) is 0 Å². The number of hydrogen-bond acceptors (Lipinski definition) is 14. The summed E-state index contributed by atoms with van der Waals surface area (Å²) in [5.41, 5.74) is 0.554. The molecule has 1 N–H and O–H groups in total. The van der Waals surface area contributed by atoms with Gasteiger partial charge in [-0.1, -0.05) is 83.9 Å². The lowest BCUT2D eigenvalue weighted by Gasteiger charge is -2.14. The molecule has 4 rings (SSSR count). The van der Waals surface area contributed by atoms with E-state index < -0.39 is 17.5 Å². The van der Waals surface area contributed by atoms with Crippen LogP contribution in [0.1, 0.15) is 130 Å². The topological polar surface area (TPSA) is 187 Å². The molecule has 0 aliphatic rings. The Morgan fingerprint density at radius 2 is 1.12 bits per heavy atom. The predicted molar refractivity (Wildman–Crippen MR) is 258 cm³/mol. The molecule has 0 saturated carbocycles. The Labute approximate surface area is 400 Å². The lowest BCUT2D eigenvalue weighted by atomic mass is 9.97. The van der Waals surface area contributed by atoms with Crippen LogP contribution in [0.5, 0.6) is 23.0 Å². The van der Waals surface area contributed by atoms with Gasteiger partial charge in [0.2, 0.25) is 0 Å². The Morgan fingerprint density at radius 3 is 1.56 bits per heavy atom. The summed E-state index contributed by atoms with van der Waals surface area (Å²) in [5.74, 6) is 0.160. The maximum absolute atomic E-state index is 12.7. The molecule has 0 bridgehead atoms. The average Bonchev–Trinajstić information content (AvgIpc) is 3.34. The molecular weight excluding hydrogens is 873 g/mol. The van der Waals surface area contributed by atoms with Crippen LogP contribution >= 0.6 is 0 Å². The van der Waals surface area contributed by atoms with Crippen LogP contribution in [0, 0.1) is 12.8 Å². The van der Waals surface area contributed by atoms with Gasteiger partial charge in [-0.15, -0.1) is 0 Å². The first-order valence-corrected chi connectivity index (χ1v) is 23.0. The first kappa shape index (κ1) is 57.3. The van der Waals surface area contributed by atoms with Gasteiger partial charge in [0, 0.05) is 37.3 Å². The number of benzene rings is 4. The van der Waals surface area contributed by atoms with Gasteiger partial charge in [-0.2, -0.15) is 0 Å². The summed E-state index contributed by atoms with van der Waals surface area (Å²) in [4.78, 5) is 69.7. The average molecular weight is 941 g/mol. The standard InChI is InChI=1S/C33H36O10.C11H20O2.C10H12O2/c1-4-30(34)40-20-6-18-38-26-12-8-24(9-13-26)32(36)42-28-16-17-29(23(3)22-28)43-33(37)25-10-14-27(15-11-25)39-19-7-21-41-31(35)5-2;1-4-7-8-10(5-2)9-13-11(12)6-3;1-10(2,12)9(11)8-6-4-3-5-7-8/h8-17,22H,4-7,18-21H2,1-3H3;6,10H,3-5,7-9H2,1-2H3;3-7,12H,1-2H3. The largest absolute Gasteiger partial charge is 0.493 e. The molecule has 0 amide bonds. The fourth-order valence-corrected chi connectivity index (χ4v) is 5.67. The number of unbranched alkanes of at least 4 members (excludes halogenated alkanes) is 1. The molecule has 0 fully saturated rings. The summed E-state index contributed by atoms with van der Waals surface area (Å²) in [6.45, 7) is 17.7. The molecule has 4 aromatic rings. The molecule has 0 saturated heterocycles. The lowest BCUT2D eigenvalue weighted by Crippen LogP contribution is -2.30. The third-order valence-corrected chi connectivity index (χ3v) is 9.72. The van der Waals surface area contributed by atoms with E-state index in [2.05, 4.69) is 20.4 Å². The van der Waals surface area contributed by atoms with Gasteiger partial charge in [-0.3, -0.25) is 14.4 Å². The Morgan fingerprint density at radius 1 is 0.618 bits per heavy atom. The van der Waals surface area contributed by atoms with Gasteiger partial charge < -0.3 is 38.3 Å². The summed E-state index contributed by atoms with van der Waals surface area (Å²) >= 11 is 0. The number of ether oxygens (including phenoxy) is 7. The van der Waals surface area contributed by atoms with Crippen molar-refractivity contribution in [3.63, 3.8) is 0 Å². The molecule has 1 atom stereocenters. The summed E-state index contributed by atoms with van der Waals surface area (Å²) in [7, 11) is 0. The number of carbonyl (C=O) groups excluding carboxylic acids is 6. The Hall–Kier alpha value is -6.80.